The summed E-state index contributed by atoms with van der Waals surface area (Å²) in [6, 6.07) is 7.76. The highest BCUT2D eigenvalue weighted by Gasteiger charge is 2.14. The minimum atomic E-state index is 0.0954. The highest BCUT2D eigenvalue weighted by Crippen LogP contribution is 2.21. The van der Waals surface area contributed by atoms with E-state index in [1.807, 2.05) is 23.9 Å². The van der Waals surface area contributed by atoms with Crippen LogP contribution in [0.1, 0.15) is 0 Å². The van der Waals surface area contributed by atoms with E-state index < -0.39 is 0 Å². The highest BCUT2D eigenvalue weighted by molar-refractivity contribution is 5.82. The zero-order valence-corrected chi connectivity index (χ0v) is 11.5. The lowest BCUT2D eigenvalue weighted by Crippen LogP contribution is -2.44. The maximum Gasteiger partial charge on any atom is 0.189 e. The molecule has 0 atom stereocenters. The maximum absolute atomic E-state index is 11.8. The first-order valence-electron chi connectivity index (χ1n) is 6.68. The molecule has 0 N–H and O–H groups in total. The molecule has 0 amide bonds. The van der Waals surface area contributed by atoms with E-state index in [0.717, 1.165) is 37.1 Å². The molecule has 0 aliphatic carbocycles. The van der Waals surface area contributed by atoms with Crippen molar-refractivity contribution >= 4 is 16.6 Å². The summed E-state index contributed by atoms with van der Waals surface area (Å²) >= 11 is 0. The lowest BCUT2D eigenvalue weighted by atomic mass is 10.1. The van der Waals surface area contributed by atoms with Crippen molar-refractivity contribution in [1.82, 2.24) is 9.47 Å². The van der Waals surface area contributed by atoms with Crippen molar-refractivity contribution in [2.75, 3.05) is 38.1 Å². The second kappa shape index (κ2) is 4.70. The van der Waals surface area contributed by atoms with Gasteiger partial charge in [0, 0.05) is 56.6 Å². The van der Waals surface area contributed by atoms with E-state index in [9.17, 15) is 4.79 Å². The molecule has 19 heavy (non-hydrogen) atoms. The number of piperazine rings is 1. The molecule has 1 fully saturated rings. The Labute approximate surface area is 112 Å². The van der Waals surface area contributed by atoms with Crippen LogP contribution in [0, 0.1) is 0 Å². The van der Waals surface area contributed by atoms with Gasteiger partial charge in [-0.05, 0) is 25.2 Å². The van der Waals surface area contributed by atoms with Gasteiger partial charge in [-0.2, -0.15) is 0 Å². The lowest BCUT2D eigenvalue weighted by molar-refractivity contribution is 0.313. The number of rotatable bonds is 1. The average Bonchev–Trinajstić information content (AvgIpc) is 2.43. The minimum Gasteiger partial charge on any atom is -0.369 e. The molecule has 0 spiro atoms. The van der Waals surface area contributed by atoms with Crippen LogP contribution in [0.5, 0.6) is 0 Å². The van der Waals surface area contributed by atoms with Gasteiger partial charge in [-0.3, -0.25) is 4.79 Å². The van der Waals surface area contributed by atoms with Crippen LogP contribution >= 0.6 is 0 Å². The summed E-state index contributed by atoms with van der Waals surface area (Å²) in [5, 5.41) is 0.794. The van der Waals surface area contributed by atoms with Crippen LogP contribution in [-0.4, -0.2) is 42.7 Å². The number of fused-ring (bicyclic) bond motifs is 1. The standard InChI is InChI=1S/C15H19N3O/c1-16-7-9-18(10-8-16)12-3-4-13-14(11-12)17(2)6-5-15(13)19/h3-6,11H,7-10H2,1-2H3. The topological polar surface area (TPSA) is 28.5 Å². The SMILES string of the molecule is CN1CCN(c2ccc3c(=O)ccn(C)c3c2)CC1. The molecule has 2 heterocycles. The van der Waals surface area contributed by atoms with Crippen molar-refractivity contribution in [3.05, 3.63) is 40.7 Å². The summed E-state index contributed by atoms with van der Waals surface area (Å²) in [6.45, 7) is 4.27. The summed E-state index contributed by atoms with van der Waals surface area (Å²) in [5.74, 6) is 0. The summed E-state index contributed by atoms with van der Waals surface area (Å²) < 4.78 is 2.01. The zero-order chi connectivity index (χ0) is 13.4. The summed E-state index contributed by atoms with van der Waals surface area (Å²) in [7, 11) is 4.14. The van der Waals surface area contributed by atoms with Crippen LogP contribution in [0.15, 0.2) is 35.3 Å². The predicted octanol–water partition coefficient (Wildman–Crippen LogP) is 1.29. The van der Waals surface area contributed by atoms with Crippen molar-refractivity contribution in [1.29, 1.82) is 0 Å². The molecule has 0 unspecified atom stereocenters. The Balaban J connectivity index is 2.02. The van der Waals surface area contributed by atoms with Crippen molar-refractivity contribution in [3.63, 3.8) is 0 Å². The predicted molar refractivity (Wildman–Crippen MR) is 78.9 cm³/mol. The monoisotopic (exact) mass is 257 g/mol. The Bertz CT molecular complexity index is 654. The van der Waals surface area contributed by atoms with E-state index in [0.29, 0.717) is 0 Å². The number of benzene rings is 1. The molecule has 1 saturated heterocycles. The summed E-state index contributed by atoms with van der Waals surface area (Å²) in [6.07, 6.45) is 1.83. The molecular weight excluding hydrogens is 238 g/mol. The van der Waals surface area contributed by atoms with E-state index in [2.05, 4.69) is 29.0 Å². The number of hydrogen-bond donors (Lipinski definition) is 0. The van der Waals surface area contributed by atoms with Gasteiger partial charge < -0.3 is 14.4 Å². The third-order valence-corrected chi connectivity index (χ3v) is 3.94. The lowest BCUT2D eigenvalue weighted by Gasteiger charge is -2.34. The molecule has 1 aromatic heterocycles. The summed E-state index contributed by atoms with van der Waals surface area (Å²) in [4.78, 5) is 16.6. The molecule has 3 rings (SSSR count). The van der Waals surface area contributed by atoms with E-state index in [4.69, 9.17) is 0 Å². The molecule has 100 valence electrons. The molecule has 0 saturated carbocycles. The van der Waals surface area contributed by atoms with Gasteiger partial charge in [-0.15, -0.1) is 0 Å². The fourth-order valence-corrected chi connectivity index (χ4v) is 2.63. The molecule has 4 heteroatoms. The highest BCUT2D eigenvalue weighted by atomic mass is 16.1. The quantitative estimate of drug-likeness (QED) is 0.771. The Morgan fingerprint density at radius 1 is 1.00 bits per heavy atom. The number of nitrogens with zero attached hydrogens (tertiary/aromatic N) is 3. The number of hydrogen-bond acceptors (Lipinski definition) is 3. The molecule has 1 aliphatic heterocycles. The number of anilines is 1. The Morgan fingerprint density at radius 3 is 2.47 bits per heavy atom. The van der Waals surface area contributed by atoms with E-state index in [1.165, 1.54) is 5.69 Å². The van der Waals surface area contributed by atoms with Crippen molar-refractivity contribution in [2.45, 2.75) is 0 Å². The molecule has 4 nitrogen and oxygen atoms in total. The smallest absolute Gasteiger partial charge is 0.189 e. The van der Waals surface area contributed by atoms with Crippen LogP contribution in [-0.2, 0) is 7.05 Å². The third-order valence-electron chi connectivity index (χ3n) is 3.94. The first kappa shape index (κ1) is 12.2. The number of likely N-dealkylation sites (N-methyl/N-ethyl adjacent to an activating group) is 1. The number of aryl methyl sites for hydroxylation is 1. The van der Waals surface area contributed by atoms with Gasteiger partial charge in [0.2, 0.25) is 0 Å². The average molecular weight is 257 g/mol. The Morgan fingerprint density at radius 2 is 1.74 bits per heavy atom. The van der Waals surface area contributed by atoms with Gasteiger partial charge in [-0.1, -0.05) is 0 Å². The van der Waals surface area contributed by atoms with E-state index >= 15 is 0 Å². The van der Waals surface area contributed by atoms with Crippen LogP contribution in [0.4, 0.5) is 5.69 Å². The first-order valence-corrected chi connectivity index (χ1v) is 6.68. The van der Waals surface area contributed by atoms with Gasteiger partial charge >= 0.3 is 0 Å². The second-order valence-electron chi connectivity index (χ2n) is 5.28. The zero-order valence-electron chi connectivity index (χ0n) is 11.5. The van der Waals surface area contributed by atoms with Gasteiger partial charge in [0.1, 0.15) is 0 Å². The fourth-order valence-electron chi connectivity index (χ4n) is 2.63. The third kappa shape index (κ3) is 2.24. The maximum atomic E-state index is 11.8. The Hall–Kier alpha value is -1.81. The second-order valence-corrected chi connectivity index (χ2v) is 5.28. The molecule has 0 radical (unpaired) electrons. The van der Waals surface area contributed by atoms with Crippen molar-refractivity contribution < 1.29 is 0 Å². The van der Waals surface area contributed by atoms with Gasteiger partial charge in [0.25, 0.3) is 0 Å². The molecule has 0 bridgehead atoms. The number of pyridine rings is 1. The first-order chi connectivity index (χ1) is 9.15. The Kier molecular flexibility index (Phi) is 3.03. The van der Waals surface area contributed by atoms with Crippen LogP contribution < -0.4 is 10.3 Å². The minimum absolute atomic E-state index is 0.0954. The fraction of sp³-hybridized carbons (Fsp3) is 0.400. The molecule has 1 aromatic carbocycles. The molecular formula is C15H19N3O. The van der Waals surface area contributed by atoms with Crippen molar-refractivity contribution in [2.24, 2.45) is 7.05 Å². The van der Waals surface area contributed by atoms with Crippen LogP contribution in [0.2, 0.25) is 0 Å². The van der Waals surface area contributed by atoms with Crippen LogP contribution in [0.3, 0.4) is 0 Å². The van der Waals surface area contributed by atoms with Crippen molar-refractivity contribution in [3.8, 4) is 0 Å². The van der Waals surface area contributed by atoms with E-state index in [-0.39, 0.29) is 5.43 Å². The largest absolute Gasteiger partial charge is 0.369 e. The normalized spacial score (nSPS) is 17.1. The summed E-state index contributed by atoms with van der Waals surface area (Å²) in [5.41, 5.74) is 2.31. The van der Waals surface area contributed by atoms with Gasteiger partial charge in [-0.25, -0.2) is 0 Å². The molecule has 2 aromatic rings. The van der Waals surface area contributed by atoms with Crippen LogP contribution in [0.25, 0.3) is 10.9 Å². The molecule has 1 aliphatic rings. The number of aromatic nitrogens is 1. The van der Waals surface area contributed by atoms with Gasteiger partial charge in [0.05, 0.1) is 5.52 Å². The van der Waals surface area contributed by atoms with E-state index in [1.54, 1.807) is 6.07 Å². The van der Waals surface area contributed by atoms with Gasteiger partial charge in [0.15, 0.2) is 5.43 Å².